The maximum atomic E-state index is 12.6. The van der Waals surface area contributed by atoms with E-state index in [0.29, 0.717) is 24.2 Å². The van der Waals surface area contributed by atoms with Crippen LogP contribution >= 0.6 is 0 Å². The van der Waals surface area contributed by atoms with E-state index in [1.54, 1.807) is 12.1 Å². The van der Waals surface area contributed by atoms with Crippen molar-refractivity contribution in [2.45, 2.75) is 26.7 Å². The van der Waals surface area contributed by atoms with Crippen molar-refractivity contribution in [1.82, 2.24) is 0 Å². The number of hydrogen-bond donors (Lipinski definition) is 2. The molecule has 0 spiro atoms. The molecular formula is C21H22N2O3. The van der Waals surface area contributed by atoms with Gasteiger partial charge in [-0.15, -0.1) is 0 Å². The van der Waals surface area contributed by atoms with Crippen LogP contribution in [-0.4, -0.2) is 18.8 Å². The normalized spacial score (nSPS) is 13.7. The van der Waals surface area contributed by atoms with E-state index in [4.69, 9.17) is 4.74 Å². The number of para-hydroxylation sites is 1. The van der Waals surface area contributed by atoms with E-state index >= 15 is 0 Å². The Kier molecular flexibility index (Phi) is 5.07. The van der Waals surface area contributed by atoms with Crippen molar-refractivity contribution < 1.29 is 14.3 Å². The van der Waals surface area contributed by atoms with Crippen molar-refractivity contribution in [3.8, 4) is 5.75 Å². The zero-order valence-corrected chi connectivity index (χ0v) is 15.2. The molecule has 0 atom stereocenters. The molecule has 2 N–H and O–H groups in total. The Morgan fingerprint density at radius 2 is 1.85 bits per heavy atom. The molecule has 0 aromatic heterocycles. The summed E-state index contributed by atoms with van der Waals surface area (Å²) in [6.07, 6.45) is 1.25. The molecule has 0 saturated heterocycles. The van der Waals surface area contributed by atoms with Crippen LogP contribution in [0.2, 0.25) is 0 Å². The zero-order chi connectivity index (χ0) is 18.7. The standard InChI is InChI=1S/C21H22N2O3/c1-13-6-4-5-7-17(13)23-21(25)16-9-8-15(12-20(16)26-3)22-18-10-11-19(24)14(18)2/h4-9,12,22H,10-11H2,1-3H3,(H,23,25). The second kappa shape index (κ2) is 7.44. The quantitative estimate of drug-likeness (QED) is 0.843. The van der Waals surface area contributed by atoms with Gasteiger partial charge in [0.1, 0.15) is 5.75 Å². The largest absolute Gasteiger partial charge is 0.496 e. The van der Waals surface area contributed by atoms with Crippen LogP contribution in [0.3, 0.4) is 0 Å². The molecule has 26 heavy (non-hydrogen) atoms. The molecule has 1 aliphatic rings. The Balaban J connectivity index is 1.82. The van der Waals surface area contributed by atoms with E-state index in [-0.39, 0.29) is 11.7 Å². The summed E-state index contributed by atoms with van der Waals surface area (Å²) in [5.41, 5.74) is 4.70. The van der Waals surface area contributed by atoms with E-state index in [9.17, 15) is 9.59 Å². The van der Waals surface area contributed by atoms with Gasteiger partial charge in [-0.25, -0.2) is 0 Å². The highest BCUT2D eigenvalue weighted by molar-refractivity contribution is 6.07. The first-order chi connectivity index (χ1) is 12.5. The Morgan fingerprint density at radius 3 is 2.50 bits per heavy atom. The SMILES string of the molecule is COc1cc(NC2=C(C)C(=O)CC2)ccc1C(=O)Nc1ccccc1C. The maximum absolute atomic E-state index is 12.6. The molecule has 0 saturated carbocycles. The van der Waals surface area contributed by atoms with E-state index in [0.717, 1.165) is 28.2 Å². The fourth-order valence-corrected chi connectivity index (χ4v) is 2.97. The average Bonchev–Trinajstić information content (AvgIpc) is 2.95. The highest BCUT2D eigenvalue weighted by Gasteiger charge is 2.20. The molecule has 2 aromatic rings. The van der Waals surface area contributed by atoms with E-state index < -0.39 is 0 Å². The third kappa shape index (κ3) is 3.61. The second-order valence-corrected chi connectivity index (χ2v) is 6.34. The lowest BCUT2D eigenvalue weighted by atomic mass is 10.1. The number of hydrogen-bond acceptors (Lipinski definition) is 4. The van der Waals surface area contributed by atoms with Gasteiger partial charge in [0.05, 0.1) is 12.7 Å². The third-order valence-electron chi connectivity index (χ3n) is 4.61. The van der Waals surface area contributed by atoms with Crippen LogP contribution < -0.4 is 15.4 Å². The Bertz CT molecular complexity index is 900. The van der Waals surface area contributed by atoms with Crippen LogP contribution in [0.1, 0.15) is 35.7 Å². The summed E-state index contributed by atoms with van der Waals surface area (Å²) < 4.78 is 5.40. The van der Waals surface area contributed by atoms with Crippen molar-refractivity contribution in [3.63, 3.8) is 0 Å². The van der Waals surface area contributed by atoms with Crippen LogP contribution in [0.25, 0.3) is 0 Å². The number of allylic oxidation sites excluding steroid dienone is 2. The smallest absolute Gasteiger partial charge is 0.259 e. The molecule has 1 amide bonds. The van der Waals surface area contributed by atoms with Gasteiger partial charge in [0, 0.05) is 35.1 Å². The molecule has 2 aromatic carbocycles. The monoisotopic (exact) mass is 350 g/mol. The summed E-state index contributed by atoms with van der Waals surface area (Å²) in [5.74, 6) is 0.423. The molecule has 0 heterocycles. The zero-order valence-electron chi connectivity index (χ0n) is 15.2. The van der Waals surface area contributed by atoms with Gasteiger partial charge in [-0.1, -0.05) is 18.2 Å². The number of rotatable bonds is 5. The molecule has 5 heteroatoms. The third-order valence-corrected chi connectivity index (χ3v) is 4.61. The molecule has 5 nitrogen and oxygen atoms in total. The fourth-order valence-electron chi connectivity index (χ4n) is 2.97. The van der Waals surface area contributed by atoms with Crippen molar-refractivity contribution in [1.29, 1.82) is 0 Å². The summed E-state index contributed by atoms with van der Waals surface area (Å²) in [6, 6.07) is 12.9. The number of carbonyl (C=O) groups excluding carboxylic acids is 2. The van der Waals surface area contributed by atoms with Gasteiger partial charge >= 0.3 is 0 Å². The Hall–Kier alpha value is -3.08. The molecule has 0 aliphatic heterocycles. The molecule has 1 aliphatic carbocycles. The fraction of sp³-hybridized carbons (Fsp3) is 0.238. The number of ether oxygens (including phenoxy) is 1. The average molecular weight is 350 g/mol. The van der Waals surface area contributed by atoms with Gasteiger partial charge in [-0.05, 0) is 44.0 Å². The van der Waals surface area contributed by atoms with E-state index in [2.05, 4.69) is 10.6 Å². The maximum Gasteiger partial charge on any atom is 0.259 e. The van der Waals surface area contributed by atoms with Crippen LogP contribution in [0.5, 0.6) is 5.75 Å². The number of anilines is 2. The highest BCUT2D eigenvalue weighted by Crippen LogP contribution is 2.29. The van der Waals surface area contributed by atoms with Crippen LogP contribution in [0, 0.1) is 6.92 Å². The van der Waals surface area contributed by atoms with Crippen molar-refractivity contribution >= 4 is 23.1 Å². The predicted octanol–water partition coefficient (Wildman–Crippen LogP) is 4.30. The van der Waals surface area contributed by atoms with E-state index in [1.807, 2.05) is 44.2 Å². The molecular weight excluding hydrogens is 328 g/mol. The number of aryl methyl sites for hydroxylation is 1. The van der Waals surface area contributed by atoms with Crippen molar-refractivity contribution in [3.05, 3.63) is 64.9 Å². The lowest BCUT2D eigenvalue weighted by Gasteiger charge is -2.14. The van der Waals surface area contributed by atoms with Crippen LogP contribution in [0.4, 0.5) is 11.4 Å². The number of benzene rings is 2. The first kappa shape index (κ1) is 17.7. The van der Waals surface area contributed by atoms with Crippen molar-refractivity contribution in [2.75, 3.05) is 17.7 Å². The van der Waals surface area contributed by atoms with Crippen molar-refractivity contribution in [2.24, 2.45) is 0 Å². The number of methoxy groups -OCH3 is 1. The topological polar surface area (TPSA) is 67.4 Å². The summed E-state index contributed by atoms with van der Waals surface area (Å²) in [7, 11) is 1.53. The molecule has 0 radical (unpaired) electrons. The number of nitrogens with one attached hydrogen (secondary N) is 2. The molecule has 3 rings (SSSR count). The minimum Gasteiger partial charge on any atom is -0.496 e. The first-order valence-electron chi connectivity index (χ1n) is 8.54. The lowest BCUT2D eigenvalue weighted by molar-refractivity contribution is -0.114. The van der Waals surface area contributed by atoms with Gasteiger partial charge in [0.25, 0.3) is 5.91 Å². The highest BCUT2D eigenvalue weighted by atomic mass is 16.5. The van der Waals surface area contributed by atoms with Gasteiger partial charge in [-0.2, -0.15) is 0 Å². The van der Waals surface area contributed by atoms with Crippen LogP contribution in [-0.2, 0) is 4.79 Å². The van der Waals surface area contributed by atoms with Gasteiger partial charge in [-0.3, -0.25) is 9.59 Å². The Morgan fingerprint density at radius 1 is 1.08 bits per heavy atom. The summed E-state index contributed by atoms with van der Waals surface area (Å²) >= 11 is 0. The second-order valence-electron chi connectivity index (χ2n) is 6.34. The summed E-state index contributed by atoms with van der Waals surface area (Å²) in [4.78, 5) is 24.3. The van der Waals surface area contributed by atoms with Crippen LogP contribution in [0.15, 0.2) is 53.7 Å². The Labute approximate surface area is 153 Å². The molecule has 0 unspecified atom stereocenters. The van der Waals surface area contributed by atoms with Gasteiger partial charge < -0.3 is 15.4 Å². The number of ketones is 1. The summed E-state index contributed by atoms with van der Waals surface area (Å²) in [5, 5.41) is 6.18. The molecule has 134 valence electrons. The molecule has 0 fully saturated rings. The minimum absolute atomic E-state index is 0.175. The predicted molar refractivity (Wildman–Crippen MR) is 103 cm³/mol. The number of carbonyl (C=O) groups is 2. The first-order valence-corrected chi connectivity index (χ1v) is 8.54. The van der Waals surface area contributed by atoms with Gasteiger partial charge in [0.15, 0.2) is 5.78 Å². The number of amides is 1. The number of Topliss-reactive ketones (excluding diaryl/α,β-unsaturated/α-hetero) is 1. The van der Waals surface area contributed by atoms with Gasteiger partial charge in [0.2, 0.25) is 0 Å². The van der Waals surface area contributed by atoms with E-state index in [1.165, 1.54) is 7.11 Å². The summed E-state index contributed by atoms with van der Waals surface area (Å²) in [6.45, 7) is 3.78. The molecule has 0 bridgehead atoms. The minimum atomic E-state index is -0.228. The lowest BCUT2D eigenvalue weighted by Crippen LogP contribution is -2.14.